The maximum Gasteiger partial charge on any atom is 0.220 e. The van der Waals surface area contributed by atoms with Crippen molar-refractivity contribution in [2.75, 3.05) is 0 Å². The molecule has 3 nitrogen and oxygen atoms in total. The zero-order chi connectivity index (χ0) is 16.6. The summed E-state index contributed by atoms with van der Waals surface area (Å²) >= 11 is 0. The Morgan fingerprint density at radius 1 is 1.17 bits per heavy atom. The number of hydrogen-bond donors (Lipinski definition) is 1. The molecular formula is C20H29NO2. The van der Waals surface area contributed by atoms with Crippen molar-refractivity contribution in [2.24, 2.45) is 34.5 Å². The summed E-state index contributed by atoms with van der Waals surface area (Å²) in [4.78, 5) is 24.6. The molecule has 1 aliphatic heterocycles. The van der Waals surface area contributed by atoms with Crippen LogP contribution >= 0.6 is 0 Å². The quantitative estimate of drug-likeness (QED) is 0.696. The highest BCUT2D eigenvalue weighted by molar-refractivity contribution is 6.02. The van der Waals surface area contributed by atoms with E-state index in [4.69, 9.17) is 0 Å². The van der Waals surface area contributed by atoms with Gasteiger partial charge in [0.05, 0.1) is 0 Å². The number of carbonyl (C=O) groups excluding carboxylic acids is 2. The average Bonchev–Trinajstić information content (AvgIpc) is 2.73. The molecule has 7 atom stereocenters. The summed E-state index contributed by atoms with van der Waals surface area (Å²) in [6.07, 6.45) is 5.77. The molecule has 3 aliphatic carbocycles. The summed E-state index contributed by atoms with van der Waals surface area (Å²) in [5.41, 5.74) is 0.891. The molecule has 4 aliphatic rings. The number of hydrogen-bond acceptors (Lipinski definition) is 2. The van der Waals surface area contributed by atoms with Gasteiger partial charge in [-0.25, -0.2) is 0 Å². The van der Waals surface area contributed by atoms with E-state index in [1.807, 2.05) is 0 Å². The van der Waals surface area contributed by atoms with E-state index in [-0.39, 0.29) is 16.7 Å². The van der Waals surface area contributed by atoms with Crippen molar-refractivity contribution in [3.05, 3.63) is 12.2 Å². The van der Waals surface area contributed by atoms with Crippen LogP contribution in [0.5, 0.6) is 0 Å². The molecule has 3 saturated carbocycles. The zero-order valence-electron chi connectivity index (χ0n) is 14.7. The number of Topliss-reactive ketones (excluding diaryl/α,β-unsaturated/α-hetero) is 1. The first kappa shape index (κ1) is 15.4. The van der Waals surface area contributed by atoms with Crippen LogP contribution in [0.15, 0.2) is 12.2 Å². The Hall–Kier alpha value is -1.12. The van der Waals surface area contributed by atoms with Gasteiger partial charge in [0.2, 0.25) is 5.91 Å². The molecule has 4 fully saturated rings. The van der Waals surface area contributed by atoms with E-state index in [1.165, 1.54) is 0 Å². The van der Waals surface area contributed by atoms with Crippen molar-refractivity contribution in [3.8, 4) is 0 Å². The van der Waals surface area contributed by atoms with Crippen molar-refractivity contribution >= 4 is 11.7 Å². The fourth-order valence-electron chi connectivity index (χ4n) is 6.80. The molecule has 23 heavy (non-hydrogen) atoms. The van der Waals surface area contributed by atoms with Gasteiger partial charge >= 0.3 is 0 Å². The molecule has 0 spiro atoms. The van der Waals surface area contributed by atoms with Crippen molar-refractivity contribution in [2.45, 2.75) is 65.3 Å². The van der Waals surface area contributed by atoms with Gasteiger partial charge in [-0.05, 0) is 66.8 Å². The molecule has 126 valence electrons. The molecule has 0 aromatic heterocycles. The van der Waals surface area contributed by atoms with Crippen LogP contribution in [-0.2, 0) is 9.59 Å². The lowest BCUT2D eigenvalue weighted by Gasteiger charge is -2.61. The van der Waals surface area contributed by atoms with Crippen molar-refractivity contribution in [3.63, 3.8) is 0 Å². The van der Waals surface area contributed by atoms with E-state index in [0.717, 1.165) is 37.7 Å². The normalized spacial score (nSPS) is 52.5. The summed E-state index contributed by atoms with van der Waals surface area (Å²) < 4.78 is 0. The highest BCUT2D eigenvalue weighted by atomic mass is 16.1. The Bertz CT molecular complexity index is 596. The number of rotatable bonds is 0. The number of fused-ring (bicyclic) bond motifs is 5. The first-order valence-electron chi connectivity index (χ1n) is 9.29. The Labute approximate surface area is 139 Å². The molecule has 1 amide bonds. The minimum absolute atomic E-state index is 0.173. The standard InChI is InChI=1S/C20H29NO2/c1-11-10-15-19(3,8-6-16(22)21-15)13-5-7-20(4)14(17(11)13)9-12(2)18(20)23/h11,13-15,17H,2,5-10H2,1,3-4H3,(H,21,22)/t11?,13?,14?,15?,17?,19-,20+/m1/s1. The average molecular weight is 315 g/mol. The largest absolute Gasteiger partial charge is 0.353 e. The Morgan fingerprint density at radius 2 is 1.91 bits per heavy atom. The molecule has 1 heterocycles. The van der Waals surface area contributed by atoms with Crippen LogP contribution in [0.3, 0.4) is 0 Å². The molecular weight excluding hydrogens is 286 g/mol. The van der Waals surface area contributed by atoms with Crippen LogP contribution in [0.4, 0.5) is 0 Å². The Morgan fingerprint density at radius 3 is 2.65 bits per heavy atom. The highest BCUT2D eigenvalue weighted by Gasteiger charge is 2.62. The van der Waals surface area contributed by atoms with Gasteiger partial charge in [0, 0.05) is 17.9 Å². The lowest BCUT2D eigenvalue weighted by atomic mass is 9.45. The fraction of sp³-hybridized carbons (Fsp3) is 0.800. The Balaban J connectivity index is 1.72. The number of nitrogens with one attached hydrogen (secondary N) is 1. The third-order valence-electron chi connectivity index (χ3n) is 8.16. The minimum Gasteiger partial charge on any atom is -0.353 e. The van der Waals surface area contributed by atoms with Crippen molar-refractivity contribution < 1.29 is 9.59 Å². The molecule has 0 aromatic carbocycles. The number of allylic oxidation sites excluding steroid dienone is 1. The van der Waals surface area contributed by atoms with E-state index in [9.17, 15) is 9.59 Å². The predicted molar refractivity (Wildman–Crippen MR) is 89.6 cm³/mol. The second kappa shape index (κ2) is 4.70. The maximum atomic E-state index is 12.7. The van der Waals surface area contributed by atoms with Crippen LogP contribution in [-0.4, -0.2) is 17.7 Å². The zero-order valence-corrected chi connectivity index (χ0v) is 14.7. The second-order valence-corrected chi connectivity index (χ2v) is 9.22. The van der Waals surface area contributed by atoms with Gasteiger partial charge in [-0.3, -0.25) is 9.59 Å². The summed E-state index contributed by atoms with van der Waals surface area (Å²) in [7, 11) is 0. The number of piperidine rings is 1. The van der Waals surface area contributed by atoms with E-state index < -0.39 is 0 Å². The van der Waals surface area contributed by atoms with Crippen LogP contribution in [0, 0.1) is 34.5 Å². The van der Waals surface area contributed by atoms with E-state index in [2.05, 4.69) is 32.7 Å². The van der Waals surface area contributed by atoms with E-state index in [0.29, 0.717) is 41.9 Å². The SMILES string of the molecule is C=C1CC2C3C(C)CC4NC(=O)CC[C@]4(C)C3CC[C@]2(C)C1=O. The minimum atomic E-state index is -0.173. The van der Waals surface area contributed by atoms with Crippen LogP contribution in [0.1, 0.15) is 59.3 Å². The molecule has 1 N–H and O–H groups in total. The smallest absolute Gasteiger partial charge is 0.220 e. The van der Waals surface area contributed by atoms with Crippen LogP contribution < -0.4 is 5.32 Å². The third-order valence-corrected chi connectivity index (χ3v) is 8.16. The molecule has 0 radical (unpaired) electrons. The molecule has 5 unspecified atom stereocenters. The van der Waals surface area contributed by atoms with E-state index >= 15 is 0 Å². The van der Waals surface area contributed by atoms with Gasteiger partial charge in [-0.1, -0.05) is 27.4 Å². The molecule has 3 heteroatoms. The Kier molecular flexibility index (Phi) is 3.15. The first-order chi connectivity index (χ1) is 10.8. The molecule has 0 bridgehead atoms. The maximum absolute atomic E-state index is 12.7. The third kappa shape index (κ3) is 1.88. The van der Waals surface area contributed by atoms with Crippen molar-refractivity contribution in [1.29, 1.82) is 0 Å². The number of amides is 1. The summed E-state index contributed by atoms with van der Waals surface area (Å²) in [5.74, 6) is 2.83. The van der Waals surface area contributed by atoms with Gasteiger partial charge in [0.1, 0.15) is 0 Å². The van der Waals surface area contributed by atoms with Crippen LogP contribution in [0.2, 0.25) is 0 Å². The van der Waals surface area contributed by atoms with Gasteiger partial charge in [0.25, 0.3) is 0 Å². The molecule has 4 rings (SSSR count). The van der Waals surface area contributed by atoms with Gasteiger partial charge in [-0.2, -0.15) is 0 Å². The van der Waals surface area contributed by atoms with Crippen molar-refractivity contribution in [1.82, 2.24) is 5.32 Å². The predicted octanol–water partition coefficient (Wildman–Crippen LogP) is 3.49. The van der Waals surface area contributed by atoms with Crippen LogP contribution in [0.25, 0.3) is 0 Å². The van der Waals surface area contributed by atoms with E-state index in [1.54, 1.807) is 0 Å². The van der Waals surface area contributed by atoms with Gasteiger partial charge in [-0.15, -0.1) is 0 Å². The first-order valence-corrected chi connectivity index (χ1v) is 9.29. The highest BCUT2D eigenvalue weighted by Crippen LogP contribution is 2.64. The summed E-state index contributed by atoms with van der Waals surface area (Å²) in [6, 6.07) is 0.324. The number of carbonyl (C=O) groups is 2. The van der Waals surface area contributed by atoms with Gasteiger partial charge < -0.3 is 5.32 Å². The summed E-state index contributed by atoms with van der Waals surface area (Å²) in [5, 5.41) is 3.29. The summed E-state index contributed by atoms with van der Waals surface area (Å²) in [6.45, 7) is 11.0. The monoisotopic (exact) mass is 315 g/mol. The topological polar surface area (TPSA) is 46.2 Å². The molecule has 1 saturated heterocycles. The number of ketones is 1. The second-order valence-electron chi connectivity index (χ2n) is 9.22. The lowest BCUT2D eigenvalue weighted by molar-refractivity contribution is -0.147. The lowest BCUT2D eigenvalue weighted by Crippen LogP contribution is -2.63. The fourth-order valence-corrected chi connectivity index (χ4v) is 6.80. The molecule has 0 aromatic rings. The van der Waals surface area contributed by atoms with Gasteiger partial charge in [0.15, 0.2) is 5.78 Å².